The van der Waals surface area contributed by atoms with Crippen LogP contribution in [0.1, 0.15) is 32.6 Å². The van der Waals surface area contributed by atoms with Crippen LogP contribution in [0, 0.1) is 5.92 Å². The zero-order chi connectivity index (χ0) is 13.7. The molecule has 2 amide bonds. The highest BCUT2D eigenvalue weighted by Gasteiger charge is 2.23. The van der Waals surface area contributed by atoms with E-state index in [0.29, 0.717) is 38.5 Å². The smallest absolute Gasteiger partial charge is 0.222 e. The molecule has 0 aliphatic carbocycles. The molecule has 0 bridgehead atoms. The van der Waals surface area contributed by atoms with Gasteiger partial charge in [-0.15, -0.1) is 12.4 Å². The summed E-state index contributed by atoms with van der Waals surface area (Å²) in [5, 5.41) is 3.35. The molecule has 2 rings (SSSR count). The molecule has 0 unspecified atom stereocenters. The van der Waals surface area contributed by atoms with Crippen molar-refractivity contribution >= 4 is 24.2 Å². The second kappa shape index (κ2) is 8.47. The Hall–Kier alpha value is -0.810. The van der Waals surface area contributed by atoms with Crippen molar-refractivity contribution in [3.63, 3.8) is 0 Å². The molecule has 0 radical (unpaired) electrons. The summed E-state index contributed by atoms with van der Waals surface area (Å²) in [6, 6.07) is 0. The van der Waals surface area contributed by atoms with Gasteiger partial charge in [-0.2, -0.15) is 0 Å². The van der Waals surface area contributed by atoms with Gasteiger partial charge in [0.15, 0.2) is 0 Å². The number of hydrogen-bond acceptors (Lipinski definition) is 3. The lowest BCUT2D eigenvalue weighted by molar-refractivity contribution is -0.138. The van der Waals surface area contributed by atoms with Gasteiger partial charge in [-0.25, -0.2) is 0 Å². The van der Waals surface area contributed by atoms with Crippen LogP contribution in [0.2, 0.25) is 0 Å². The standard InChI is InChI=1S/C14H25N3O2.ClH/c1-12(18)16-8-10-17(11-9-16)14(19)3-2-13-4-6-15-7-5-13;/h13,15H,2-11H2,1H3;1H. The van der Waals surface area contributed by atoms with Gasteiger partial charge in [-0.05, 0) is 38.3 Å². The molecule has 2 aliphatic rings. The first-order valence-electron chi connectivity index (χ1n) is 7.41. The SMILES string of the molecule is CC(=O)N1CCN(C(=O)CCC2CCNCC2)CC1.Cl. The molecule has 2 fully saturated rings. The van der Waals surface area contributed by atoms with Gasteiger partial charge in [0, 0.05) is 39.5 Å². The average molecular weight is 304 g/mol. The van der Waals surface area contributed by atoms with Crippen LogP contribution in [0.4, 0.5) is 0 Å². The van der Waals surface area contributed by atoms with Crippen molar-refractivity contribution in [1.29, 1.82) is 0 Å². The molecule has 20 heavy (non-hydrogen) atoms. The Morgan fingerprint density at radius 2 is 1.60 bits per heavy atom. The van der Waals surface area contributed by atoms with Crippen molar-refractivity contribution in [3.05, 3.63) is 0 Å². The maximum atomic E-state index is 12.1. The van der Waals surface area contributed by atoms with E-state index in [0.717, 1.165) is 19.5 Å². The predicted octanol–water partition coefficient (Wildman–Crippen LogP) is 0.879. The zero-order valence-electron chi connectivity index (χ0n) is 12.3. The minimum Gasteiger partial charge on any atom is -0.339 e. The first-order valence-corrected chi connectivity index (χ1v) is 7.41. The maximum absolute atomic E-state index is 12.1. The van der Waals surface area contributed by atoms with E-state index < -0.39 is 0 Å². The molecule has 0 atom stereocenters. The van der Waals surface area contributed by atoms with Crippen LogP contribution in [-0.2, 0) is 9.59 Å². The lowest BCUT2D eigenvalue weighted by Crippen LogP contribution is -2.50. The van der Waals surface area contributed by atoms with Crippen molar-refractivity contribution < 1.29 is 9.59 Å². The highest BCUT2D eigenvalue weighted by Crippen LogP contribution is 2.18. The third-order valence-corrected chi connectivity index (χ3v) is 4.30. The fourth-order valence-electron chi connectivity index (χ4n) is 2.93. The molecular weight excluding hydrogens is 278 g/mol. The molecule has 0 aromatic rings. The first-order chi connectivity index (χ1) is 9.16. The maximum Gasteiger partial charge on any atom is 0.222 e. The number of piperazine rings is 1. The fraction of sp³-hybridized carbons (Fsp3) is 0.857. The van der Waals surface area contributed by atoms with E-state index >= 15 is 0 Å². The zero-order valence-corrected chi connectivity index (χ0v) is 13.1. The van der Waals surface area contributed by atoms with Crippen LogP contribution in [0.3, 0.4) is 0 Å². The minimum absolute atomic E-state index is 0. The second-order valence-electron chi connectivity index (χ2n) is 5.62. The van der Waals surface area contributed by atoms with Gasteiger partial charge in [0.1, 0.15) is 0 Å². The van der Waals surface area contributed by atoms with Crippen LogP contribution in [-0.4, -0.2) is 60.9 Å². The topological polar surface area (TPSA) is 52.7 Å². The lowest BCUT2D eigenvalue weighted by Gasteiger charge is -2.34. The monoisotopic (exact) mass is 303 g/mol. The van der Waals surface area contributed by atoms with E-state index in [2.05, 4.69) is 5.32 Å². The summed E-state index contributed by atoms with van der Waals surface area (Å²) in [6.45, 7) is 6.55. The highest BCUT2D eigenvalue weighted by molar-refractivity contribution is 5.85. The summed E-state index contributed by atoms with van der Waals surface area (Å²) in [4.78, 5) is 27.1. The van der Waals surface area contributed by atoms with Crippen LogP contribution < -0.4 is 5.32 Å². The van der Waals surface area contributed by atoms with Crippen LogP contribution >= 0.6 is 12.4 Å². The predicted molar refractivity (Wildman–Crippen MR) is 80.9 cm³/mol. The van der Waals surface area contributed by atoms with E-state index in [-0.39, 0.29) is 24.2 Å². The molecule has 2 heterocycles. The van der Waals surface area contributed by atoms with E-state index in [1.807, 2.05) is 9.80 Å². The molecule has 2 aliphatic heterocycles. The molecule has 0 aromatic heterocycles. The van der Waals surface area contributed by atoms with Crippen molar-refractivity contribution in [2.75, 3.05) is 39.3 Å². The van der Waals surface area contributed by atoms with E-state index in [1.165, 1.54) is 12.8 Å². The molecule has 0 aromatic carbocycles. The molecular formula is C14H26ClN3O2. The number of halogens is 1. The largest absolute Gasteiger partial charge is 0.339 e. The van der Waals surface area contributed by atoms with E-state index in [9.17, 15) is 9.59 Å². The summed E-state index contributed by atoms with van der Waals surface area (Å²) in [5.41, 5.74) is 0. The second-order valence-corrected chi connectivity index (χ2v) is 5.62. The van der Waals surface area contributed by atoms with Gasteiger partial charge in [0.25, 0.3) is 0 Å². The molecule has 2 saturated heterocycles. The number of rotatable bonds is 3. The van der Waals surface area contributed by atoms with Crippen molar-refractivity contribution in [2.24, 2.45) is 5.92 Å². The van der Waals surface area contributed by atoms with Gasteiger partial charge >= 0.3 is 0 Å². The van der Waals surface area contributed by atoms with E-state index in [1.54, 1.807) is 6.92 Å². The van der Waals surface area contributed by atoms with Gasteiger partial charge in [0.05, 0.1) is 0 Å². The Morgan fingerprint density at radius 3 is 2.15 bits per heavy atom. The summed E-state index contributed by atoms with van der Waals surface area (Å²) in [6.07, 6.45) is 4.09. The van der Waals surface area contributed by atoms with Gasteiger partial charge in [0.2, 0.25) is 11.8 Å². The third-order valence-electron chi connectivity index (χ3n) is 4.30. The van der Waals surface area contributed by atoms with Crippen molar-refractivity contribution in [1.82, 2.24) is 15.1 Å². The number of carbonyl (C=O) groups excluding carboxylic acids is 2. The third kappa shape index (κ3) is 4.94. The summed E-state index contributed by atoms with van der Waals surface area (Å²) in [7, 11) is 0. The van der Waals surface area contributed by atoms with Crippen LogP contribution in [0.5, 0.6) is 0 Å². The number of hydrogen-bond donors (Lipinski definition) is 1. The first kappa shape index (κ1) is 17.2. The van der Waals surface area contributed by atoms with Crippen molar-refractivity contribution in [2.45, 2.75) is 32.6 Å². The summed E-state index contributed by atoms with van der Waals surface area (Å²) in [5.74, 6) is 1.09. The molecule has 6 heteroatoms. The molecule has 0 spiro atoms. The highest BCUT2D eigenvalue weighted by atomic mass is 35.5. The van der Waals surface area contributed by atoms with Crippen LogP contribution in [0.15, 0.2) is 0 Å². The van der Waals surface area contributed by atoms with Gasteiger partial charge < -0.3 is 15.1 Å². The average Bonchev–Trinajstić information content (AvgIpc) is 2.46. The molecule has 0 saturated carbocycles. The van der Waals surface area contributed by atoms with E-state index in [4.69, 9.17) is 0 Å². The Balaban J connectivity index is 0.00000200. The van der Waals surface area contributed by atoms with Crippen molar-refractivity contribution in [3.8, 4) is 0 Å². The minimum atomic E-state index is 0. The Morgan fingerprint density at radius 1 is 1.05 bits per heavy atom. The van der Waals surface area contributed by atoms with Crippen LogP contribution in [0.25, 0.3) is 0 Å². The number of piperidine rings is 1. The normalized spacial score (nSPS) is 20.4. The molecule has 116 valence electrons. The number of nitrogens with zero attached hydrogens (tertiary/aromatic N) is 2. The van der Waals surface area contributed by atoms with Gasteiger partial charge in [-0.1, -0.05) is 0 Å². The quantitative estimate of drug-likeness (QED) is 0.842. The summed E-state index contributed by atoms with van der Waals surface area (Å²) >= 11 is 0. The van der Waals surface area contributed by atoms with Gasteiger partial charge in [-0.3, -0.25) is 9.59 Å². The molecule has 5 nitrogen and oxygen atoms in total. The number of carbonyl (C=O) groups is 2. The Kier molecular flexibility index (Phi) is 7.30. The Labute approximate surface area is 127 Å². The molecule has 1 N–H and O–H groups in total. The number of nitrogens with one attached hydrogen (secondary N) is 1. The summed E-state index contributed by atoms with van der Waals surface area (Å²) < 4.78 is 0. The lowest BCUT2D eigenvalue weighted by atomic mass is 9.93. The fourth-order valence-corrected chi connectivity index (χ4v) is 2.93. The Bertz CT molecular complexity index is 324. The number of amides is 2.